The Hall–Kier alpha value is -1.73. The second-order valence-electron chi connectivity index (χ2n) is 5.24. The quantitative estimate of drug-likeness (QED) is 0.814. The number of anilines is 1. The SMILES string of the molecule is C1CCNCC1.c1ncc2[nH]nc(N3CCOCC3)c2n1. The molecule has 0 bridgehead atoms. The molecule has 0 aliphatic carbocycles. The lowest BCUT2D eigenvalue weighted by atomic mass is 10.2. The molecule has 2 aliphatic heterocycles. The summed E-state index contributed by atoms with van der Waals surface area (Å²) >= 11 is 0. The van der Waals surface area contributed by atoms with E-state index in [0.717, 1.165) is 43.2 Å². The number of rotatable bonds is 1. The van der Waals surface area contributed by atoms with Crippen molar-refractivity contribution >= 4 is 16.9 Å². The molecule has 2 fully saturated rings. The normalized spacial score (nSPS) is 19.1. The average molecular weight is 290 g/mol. The smallest absolute Gasteiger partial charge is 0.177 e. The second kappa shape index (κ2) is 7.33. The van der Waals surface area contributed by atoms with Crippen LogP contribution in [-0.4, -0.2) is 59.6 Å². The van der Waals surface area contributed by atoms with Crippen LogP contribution in [0.2, 0.25) is 0 Å². The van der Waals surface area contributed by atoms with Crippen LogP contribution in [0.25, 0.3) is 11.0 Å². The molecule has 0 spiro atoms. The number of aromatic nitrogens is 4. The number of ether oxygens (including phenoxy) is 1. The van der Waals surface area contributed by atoms with E-state index in [0.29, 0.717) is 0 Å². The van der Waals surface area contributed by atoms with Crippen LogP contribution in [0.1, 0.15) is 19.3 Å². The minimum atomic E-state index is 0.749. The highest BCUT2D eigenvalue weighted by Gasteiger charge is 2.17. The van der Waals surface area contributed by atoms with Crippen LogP contribution in [0, 0.1) is 0 Å². The molecule has 2 saturated heterocycles. The van der Waals surface area contributed by atoms with E-state index in [1.54, 1.807) is 12.5 Å². The van der Waals surface area contributed by atoms with E-state index in [9.17, 15) is 0 Å². The van der Waals surface area contributed by atoms with Gasteiger partial charge in [0.05, 0.1) is 19.4 Å². The Kier molecular flexibility index (Phi) is 4.96. The molecule has 0 amide bonds. The molecule has 4 rings (SSSR count). The van der Waals surface area contributed by atoms with Crippen molar-refractivity contribution in [2.24, 2.45) is 0 Å². The average Bonchev–Trinajstić information content (AvgIpc) is 3.02. The highest BCUT2D eigenvalue weighted by atomic mass is 16.5. The molecule has 0 radical (unpaired) electrons. The number of nitrogens with zero attached hydrogens (tertiary/aromatic N) is 4. The Morgan fingerprint density at radius 3 is 2.57 bits per heavy atom. The number of morpholine rings is 1. The summed E-state index contributed by atoms with van der Waals surface area (Å²) in [7, 11) is 0. The van der Waals surface area contributed by atoms with Crippen molar-refractivity contribution in [3.63, 3.8) is 0 Å². The number of fused-ring (bicyclic) bond motifs is 1. The highest BCUT2D eigenvalue weighted by molar-refractivity contribution is 5.85. The minimum absolute atomic E-state index is 0.749. The van der Waals surface area contributed by atoms with Gasteiger partial charge in [0.25, 0.3) is 0 Å². The first kappa shape index (κ1) is 14.2. The molecule has 0 saturated carbocycles. The molecule has 0 unspecified atom stereocenters. The maximum Gasteiger partial charge on any atom is 0.177 e. The fourth-order valence-electron chi connectivity index (χ4n) is 2.55. The lowest BCUT2D eigenvalue weighted by Gasteiger charge is -2.26. The zero-order chi connectivity index (χ0) is 14.3. The molecule has 114 valence electrons. The van der Waals surface area contributed by atoms with Gasteiger partial charge in [-0.25, -0.2) is 9.97 Å². The number of aromatic amines is 1. The first-order chi connectivity index (χ1) is 10.4. The van der Waals surface area contributed by atoms with E-state index in [4.69, 9.17) is 4.74 Å². The fraction of sp³-hybridized carbons (Fsp3) is 0.643. The number of hydrogen-bond acceptors (Lipinski definition) is 6. The maximum absolute atomic E-state index is 5.30. The first-order valence-electron chi connectivity index (χ1n) is 7.62. The summed E-state index contributed by atoms with van der Waals surface area (Å²) in [6, 6.07) is 0. The van der Waals surface area contributed by atoms with Gasteiger partial charge in [-0.05, 0) is 25.9 Å². The predicted octanol–water partition coefficient (Wildman–Crippen LogP) is 0.949. The van der Waals surface area contributed by atoms with Crippen LogP contribution in [-0.2, 0) is 4.74 Å². The van der Waals surface area contributed by atoms with Gasteiger partial charge in [-0.2, -0.15) is 5.10 Å². The lowest BCUT2D eigenvalue weighted by molar-refractivity contribution is 0.122. The second-order valence-corrected chi connectivity index (χ2v) is 5.24. The van der Waals surface area contributed by atoms with E-state index in [-0.39, 0.29) is 0 Å². The zero-order valence-electron chi connectivity index (χ0n) is 12.2. The summed E-state index contributed by atoms with van der Waals surface area (Å²) in [5, 5.41) is 10.5. The minimum Gasteiger partial charge on any atom is -0.378 e. The number of H-pyrrole nitrogens is 1. The molecule has 7 heteroatoms. The Morgan fingerprint density at radius 1 is 1.10 bits per heavy atom. The Morgan fingerprint density at radius 2 is 1.90 bits per heavy atom. The summed E-state index contributed by atoms with van der Waals surface area (Å²) in [5.74, 6) is 0.899. The molecule has 4 heterocycles. The summed E-state index contributed by atoms with van der Waals surface area (Å²) in [6.45, 7) is 5.73. The van der Waals surface area contributed by atoms with Gasteiger partial charge in [0.15, 0.2) is 5.82 Å². The van der Waals surface area contributed by atoms with E-state index in [2.05, 4.69) is 30.4 Å². The largest absolute Gasteiger partial charge is 0.378 e. The number of nitrogens with one attached hydrogen (secondary N) is 2. The summed E-state index contributed by atoms with van der Waals surface area (Å²) in [5.41, 5.74) is 1.76. The molecule has 2 aromatic heterocycles. The van der Waals surface area contributed by atoms with Crippen molar-refractivity contribution in [2.75, 3.05) is 44.3 Å². The number of piperidine rings is 1. The monoisotopic (exact) mass is 290 g/mol. The van der Waals surface area contributed by atoms with Gasteiger partial charge in [-0.15, -0.1) is 0 Å². The topological polar surface area (TPSA) is 79.0 Å². The Bertz CT molecular complexity index is 536. The maximum atomic E-state index is 5.30. The summed E-state index contributed by atoms with van der Waals surface area (Å²) in [4.78, 5) is 10.4. The molecule has 2 aromatic rings. The number of hydrogen-bond donors (Lipinski definition) is 2. The third-order valence-corrected chi connectivity index (χ3v) is 3.72. The third-order valence-electron chi connectivity index (χ3n) is 3.72. The fourth-order valence-corrected chi connectivity index (χ4v) is 2.55. The van der Waals surface area contributed by atoms with Crippen molar-refractivity contribution in [3.8, 4) is 0 Å². The van der Waals surface area contributed by atoms with E-state index in [1.807, 2.05) is 0 Å². The lowest BCUT2D eigenvalue weighted by Crippen LogP contribution is -2.36. The molecule has 0 aromatic carbocycles. The van der Waals surface area contributed by atoms with Gasteiger partial charge < -0.3 is 15.0 Å². The molecule has 0 atom stereocenters. The van der Waals surface area contributed by atoms with E-state index < -0.39 is 0 Å². The highest BCUT2D eigenvalue weighted by Crippen LogP contribution is 2.21. The van der Waals surface area contributed by atoms with E-state index in [1.165, 1.54) is 32.4 Å². The molecular formula is C14H22N6O. The van der Waals surface area contributed by atoms with Crippen LogP contribution < -0.4 is 10.2 Å². The molecule has 7 nitrogen and oxygen atoms in total. The van der Waals surface area contributed by atoms with Crippen LogP contribution in [0.3, 0.4) is 0 Å². The van der Waals surface area contributed by atoms with Gasteiger partial charge >= 0.3 is 0 Å². The molecule has 2 N–H and O–H groups in total. The van der Waals surface area contributed by atoms with Gasteiger partial charge in [0.1, 0.15) is 17.4 Å². The third kappa shape index (κ3) is 3.68. The molecule has 2 aliphatic rings. The van der Waals surface area contributed by atoms with E-state index >= 15 is 0 Å². The summed E-state index contributed by atoms with van der Waals surface area (Å²) < 4.78 is 5.30. The van der Waals surface area contributed by atoms with Crippen molar-refractivity contribution < 1.29 is 4.74 Å². The standard InChI is InChI=1S/C9H11N5O.C5H11N/c1-3-15-4-2-14(1)9-8-7(12-13-9)5-10-6-11-8;1-2-4-6-5-3-1/h5-6H,1-4H2,(H,12,13);6H,1-5H2. The zero-order valence-corrected chi connectivity index (χ0v) is 12.2. The van der Waals surface area contributed by atoms with Gasteiger partial charge in [0, 0.05) is 13.1 Å². The van der Waals surface area contributed by atoms with Gasteiger partial charge in [-0.1, -0.05) is 6.42 Å². The Balaban J connectivity index is 0.000000186. The predicted molar refractivity (Wildman–Crippen MR) is 81.4 cm³/mol. The van der Waals surface area contributed by atoms with Crippen LogP contribution in [0.15, 0.2) is 12.5 Å². The van der Waals surface area contributed by atoms with Crippen molar-refractivity contribution in [2.45, 2.75) is 19.3 Å². The summed E-state index contributed by atoms with van der Waals surface area (Å²) in [6.07, 6.45) is 7.49. The Labute approximate surface area is 124 Å². The molecular weight excluding hydrogens is 268 g/mol. The van der Waals surface area contributed by atoms with Gasteiger partial charge in [0.2, 0.25) is 0 Å². The first-order valence-corrected chi connectivity index (χ1v) is 7.62. The van der Waals surface area contributed by atoms with Crippen molar-refractivity contribution in [1.82, 2.24) is 25.5 Å². The van der Waals surface area contributed by atoms with Gasteiger partial charge in [-0.3, -0.25) is 5.10 Å². The van der Waals surface area contributed by atoms with Crippen LogP contribution in [0.4, 0.5) is 5.82 Å². The van der Waals surface area contributed by atoms with Crippen molar-refractivity contribution in [3.05, 3.63) is 12.5 Å². The van der Waals surface area contributed by atoms with Crippen LogP contribution in [0.5, 0.6) is 0 Å². The van der Waals surface area contributed by atoms with Crippen LogP contribution >= 0.6 is 0 Å². The molecule has 21 heavy (non-hydrogen) atoms. The van der Waals surface area contributed by atoms with Crippen molar-refractivity contribution in [1.29, 1.82) is 0 Å².